The summed E-state index contributed by atoms with van der Waals surface area (Å²) in [6.45, 7) is 0.0364. The number of Topliss-reactive ketones (excluding diaryl/α,β-unsaturated/α-hetero) is 1. The molecule has 3 aromatic rings. The van der Waals surface area contributed by atoms with Crippen LogP contribution in [-0.4, -0.2) is 24.3 Å². The summed E-state index contributed by atoms with van der Waals surface area (Å²) in [5.74, 6) is -0.251. The zero-order valence-corrected chi connectivity index (χ0v) is 17.8. The molecule has 1 atom stereocenters. The van der Waals surface area contributed by atoms with Gasteiger partial charge in [0.25, 0.3) is 5.91 Å². The summed E-state index contributed by atoms with van der Waals surface area (Å²) in [5.41, 5.74) is 6.28. The highest BCUT2D eigenvalue weighted by atomic mass is 35.5. The van der Waals surface area contributed by atoms with Gasteiger partial charge in [-0.15, -0.1) is 0 Å². The first-order chi connectivity index (χ1) is 15.1. The van der Waals surface area contributed by atoms with Crippen molar-refractivity contribution in [2.45, 2.75) is 25.3 Å². The number of aryl methyl sites for hydroxylation is 1. The molecule has 31 heavy (non-hydrogen) atoms. The van der Waals surface area contributed by atoms with E-state index in [1.165, 1.54) is 0 Å². The Morgan fingerprint density at radius 2 is 1.65 bits per heavy atom. The lowest BCUT2D eigenvalue weighted by molar-refractivity contribution is -0.119. The van der Waals surface area contributed by atoms with Gasteiger partial charge < -0.3 is 5.32 Å². The molecule has 5 nitrogen and oxygen atoms in total. The second kappa shape index (κ2) is 9.67. The first-order valence-corrected chi connectivity index (χ1v) is 10.8. The molecule has 6 heteroatoms. The first kappa shape index (κ1) is 20.9. The highest BCUT2D eigenvalue weighted by molar-refractivity contribution is 6.33. The molecule has 0 bridgehead atoms. The summed E-state index contributed by atoms with van der Waals surface area (Å²) in [4.78, 5) is 26.2. The Kier molecular flexibility index (Phi) is 6.53. The monoisotopic (exact) mass is 433 g/mol. The predicted molar refractivity (Wildman–Crippen MR) is 125 cm³/mol. The minimum absolute atomic E-state index is 0.00309. The maximum absolute atomic E-state index is 13.4. The molecule has 2 N–H and O–H groups in total. The Morgan fingerprint density at radius 3 is 2.45 bits per heavy atom. The molecular formula is C25H24ClN3O2. The summed E-state index contributed by atoms with van der Waals surface area (Å²) in [6.07, 6.45) is 2.38. The van der Waals surface area contributed by atoms with Crippen LogP contribution in [0.15, 0.2) is 78.9 Å². The number of carbonyl (C=O) groups is 2. The van der Waals surface area contributed by atoms with Gasteiger partial charge in [0.05, 0.1) is 22.9 Å². The Balaban J connectivity index is 1.57. The minimum Gasteiger partial charge on any atom is -0.375 e. The lowest BCUT2D eigenvalue weighted by Crippen LogP contribution is -2.53. The van der Waals surface area contributed by atoms with Crippen molar-refractivity contribution in [3.8, 4) is 0 Å². The fourth-order valence-corrected chi connectivity index (χ4v) is 4.08. The number of rotatable bonds is 6. The first-order valence-electron chi connectivity index (χ1n) is 10.4. The molecule has 0 saturated heterocycles. The molecule has 0 fully saturated rings. The largest absolute Gasteiger partial charge is 0.375 e. The molecule has 1 amide bonds. The molecule has 0 saturated carbocycles. The highest BCUT2D eigenvalue weighted by Crippen LogP contribution is 2.29. The van der Waals surface area contributed by atoms with Crippen LogP contribution < -0.4 is 15.8 Å². The van der Waals surface area contributed by atoms with Crippen LogP contribution in [0, 0.1) is 0 Å². The molecule has 1 aliphatic rings. The number of nitrogens with zero attached hydrogens (tertiary/aromatic N) is 1. The normalized spacial score (nSPS) is 15.5. The van der Waals surface area contributed by atoms with E-state index in [1.54, 1.807) is 11.1 Å². The van der Waals surface area contributed by atoms with E-state index in [9.17, 15) is 9.59 Å². The number of hydrogen-bond donors (Lipinski definition) is 2. The Morgan fingerprint density at radius 1 is 0.935 bits per heavy atom. The number of benzene rings is 3. The third-order valence-electron chi connectivity index (χ3n) is 5.41. The van der Waals surface area contributed by atoms with Crippen LogP contribution in [-0.2, 0) is 11.2 Å². The number of halogens is 1. The van der Waals surface area contributed by atoms with Crippen LogP contribution in [0.1, 0.15) is 28.8 Å². The van der Waals surface area contributed by atoms with Gasteiger partial charge in [0.15, 0.2) is 5.78 Å². The van der Waals surface area contributed by atoms with Gasteiger partial charge in [-0.25, -0.2) is 0 Å². The topological polar surface area (TPSA) is 61.4 Å². The molecule has 1 aliphatic heterocycles. The molecule has 0 spiro atoms. The van der Waals surface area contributed by atoms with E-state index in [0.29, 0.717) is 22.7 Å². The van der Waals surface area contributed by atoms with Crippen molar-refractivity contribution >= 4 is 34.7 Å². The van der Waals surface area contributed by atoms with Gasteiger partial charge in [-0.1, -0.05) is 72.3 Å². The van der Waals surface area contributed by atoms with Crippen LogP contribution in [0.4, 0.5) is 11.4 Å². The van der Waals surface area contributed by atoms with Crippen molar-refractivity contribution in [1.29, 1.82) is 0 Å². The zero-order chi connectivity index (χ0) is 21.6. The van der Waals surface area contributed by atoms with E-state index in [-0.39, 0.29) is 18.2 Å². The maximum atomic E-state index is 13.4. The molecule has 158 valence electrons. The number of anilines is 2. The molecule has 1 heterocycles. The van der Waals surface area contributed by atoms with Crippen LogP contribution in [0.3, 0.4) is 0 Å². The Bertz CT molecular complexity index is 1070. The summed E-state index contributed by atoms with van der Waals surface area (Å²) in [7, 11) is 0. The number of ketones is 1. The van der Waals surface area contributed by atoms with Crippen molar-refractivity contribution < 1.29 is 9.59 Å². The number of para-hydroxylation sites is 2. The van der Waals surface area contributed by atoms with E-state index < -0.39 is 6.04 Å². The number of hydrazine groups is 1. The van der Waals surface area contributed by atoms with E-state index in [2.05, 4.69) is 10.7 Å². The van der Waals surface area contributed by atoms with E-state index in [0.717, 1.165) is 24.1 Å². The second-order valence-electron chi connectivity index (χ2n) is 7.51. The minimum atomic E-state index is -0.477. The van der Waals surface area contributed by atoms with Crippen molar-refractivity contribution in [2.75, 3.05) is 16.9 Å². The van der Waals surface area contributed by atoms with Crippen molar-refractivity contribution in [1.82, 2.24) is 5.43 Å². The Hall–Kier alpha value is -3.31. The highest BCUT2D eigenvalue weighted by Gasteiger charge is 2.31. The lowest BCUT2D eigenvalue weighted by Gasteiger charge is -2.32. The second-order valence-corrected chi connectivity index (χ2v) is 7.91. The van der Waals surface area contributed by atoms with E-state index >= 15 is 0 Å². The van der Waals surface area contributed by atoms with Gasteiger partial charge in [-0.2, -0.15) is 0 Å². The zero-order valence-electron chi connectivity index (χ0n) is 17.1. The predicted octanol–water partition coefficient (Wildman–Crippen LogP) is 4.88. The van der Waals surface area contributed by atoms with Gasteiger partial charge in [0, 0.05) is 5.56 Å². The fourth-order valence-electron chi connectivity index (χ4n) is 3.88. The third-order valence-corrected chi connectivity index (χ3v) is 5.74. The number of amides is 1. The van der Waals surface area contributed by atoms with Crippen molar-refractivity contribution in [3.63, 3.8) is 0 Å². The van der Waals surface area contributed by atoms with Crippen LogP contribution in [0.2, 0.25) is 5.02 Å². The number of nitrogens with one attached hydrogen (secondary N) is 2. The van der Waals surface area contributed by atoms with E-state index in [1.807, 2.05) is 72.8 Å². The average molecular weight is 434 g/mol. The SMILES string of the molecule is O=C(CNc1ccccc1Cl)NN1c2ccccc2CCCC1C(=O)c1ccccc1. The molecular weight excluding hydrogens is 410 g/mol. The molecule has 0 aromatic heterocycles. The average Bonchev–Trinajstić information content (AvgIpc) is 2.98. The van der Waals surface area contributed by atoms with Gasteiger partial charge >= 0.3 is 0 Å². The number of fused-ring (bicyclic) bond motifs is 1. The quantitative estimate of drug-likeness (QED) is 0.544. The number of hydrogen-bond acceptors (Lipinski definition) is 4. The Labute approximate surface area is 187 Å². The van der Waals surface area contributed by atoms with E-state index in [4.69, 9.17) is 11.6 Å². The van der Waals surface area contributed by atoms with Gasteiger partial charge in [0.1, 0.15) is 6.04 Å². The molecule has 0 aliphatic carbocycles. The van der Waals surface area contributed by atoms with Gasteiger partial charge in [-0.05, 0) is 43.0 Å². The van der Waals surface area contributed by atoms with Gasteiger partial charge in [0.2, 0.25) is 0 Å². The summed E-state index contributed by atoms with van der Waals surface area (Å²) >= 11 is 6.17. The molecule has 1 unspecified atom stereocenters. The third kappa shape index (κ3) is 4.89. The molecule has 0 radical (unpaired) electrons. The summed E-state index contributed by atoms with van der Waals surface area (Å²) < 4.78 is 0. The van der Waals surface area contributed by atoms with Crippen molar-refractivity contribution in [3.05, 3.63) is 95.0 Å². The molecule has 3 aromatic carbocycles. The van der Waals surface area contributed by atoms with Crippen LogP contribution in [0.5, 0.6) is 0 Å². The summed E-state index contributed by atoms with van der Waals surface area (Å²) in [6, 6.07) is 23.9. The van der Waals surface area contributed by atoms with Crippen LogP contribution in [0.25, 0.3) is 0 Å². The summed E-state index contributed by atoms with van der Waals surface area (Å²) in [5, 5.41) is 5.36. The number of carbonyl (C=O) groups excluding carboxylic acids is 2. The maximum Gasteiger partial charge on any atom is 0.257 e. The van der Waals surface area contributed by atoms with Crippen molar-refractivity contribution in [2.24, 2.45) is 0 Å². The van der Waals surface area contributed by atoms with Gasteiger partial charge in [-0.3, -0.25) is 20.0 Å². The lowest BCUT2D eigenvalue weighted by atomic mass is 9.99. The smallest absolute Gasteiger partial charge is 0.257 e. The molecule has 4 rings (SSSR count). The fraction of sp³-hybridized carbons (Fsp3) is 0.200. The van der Waals surface area contributed by atoms with Crippen LogP contribution >= 0.6 is 11.6 Å². The standard InChI is InChI=1S/C25H24ClN3O2/c26-20-13-5-6-14-21(20)27-17-24(30)28-29-22-15-7-4-9-18(22)12-8-16-23(29)25(31)19-10-2-1-3-11-19/h1-7,9-11,13-15,23,27H,8,12,16-17H2,(H,28,30).